The van der Waals surface area contributed by atoms with Crippen molar-refractivity contribution >= 4 is 5.91 Å². The van der Waals surface area contributed by atoms with Crippen LogP contribution in [0.4, 0.5) is 0 Å². The molecule has 1 aromatic rings. The molecule has 1 saturated heterocycles. The average molecular weight is 238 g/mol. The van der Waals surface area contributed by atoms with Gasteiger partial charge in [-0.05, 0) is 26.7 Å². The third-order valence-electron chi connectivity index (χ3n) is 3.15. The summed E-state index contributed by atoms with van der Waals surface area (Å²) in [7, 11) is 0. The van der Waals surface area contributed by atoms with E-state index in [4.69, 9.17) is 4.42 Å². The highest BCUT2D eigenvalue weighted by Gasteiger charge is 2.23. The maximum atomic E-state index is 11.7. The second kappa shape index (κ2) is 5.27. The number of aromatic nitrogens is 2. The van der Waals surface area contributed by atoms with Crippen molar-refractivity contribution < 1.29 is 9.21 Å². The van der Waals surface area contributed by atoms with Crippen molar-refractivity contribution in [2.75, 3.05) is 13.1 Å². The van der Waals surface area contributed by atoms with Crippen LogP contribution in [-0.4, -0.2) is 46.2 Å². The largest absolute Gasteiger partial charge is 0.420 e. The summed E-state index contributed by atoms with van der Waals surface area (Å²) in [6.45, 7) is 6.42. The average Bonchev–Trinajstić information content (AvgIpc) is 2.83. The summed E-state index contributed by atoms with van der Waals surface area (Å²) in [5.41, 5.74) is 0. The second-order valence-electron chi connectivity index (χ2n) is 4.62. The Hall–Kier alpha value is -1.43. The van der Waals surface area contributed by atoms with Crippen molar-refractivity contribution in [1.29, 1.82) is 0 Å². The van der Waals surface area contributed by atoms with E-state index in [-0.39, 0.29) is 17.8 Å². The smallest absolute Gasteiger partial charge is 0.309 e. The first-order valence-corrected chi connectivity index (χ1v) is 5.98. The van der Waals surface area contributed by atoms with Crippen LogP contribution in [0.2, 0.25) is 0 Å². The lowest BCUT2D eigenvalue weighted by atomic mass is 10.0. The van der Waals surface area contributed by atoms with Gasteiger partial charge in [0.05, 0.1) is 0 Å². The van der Waals surface area contributed by atoms with Gasteiger partial charge in [0.1, 0.15) is 0 Å². The van der Waals surface area contributed by atoms with Crippen LogP contribution in [0.5, 0.6) is 0 Å². The van der Waals surface area contributed by atoms with Gasteiger partial charge in [0.25, 0.3) is 0 Å². The van der Waals surface area contributed by atoms with Gasteiger partial charge < -0.3 is 14.6 Å². The quantitative estimate of drug-likeness (QED) is 0.838. The van der Waals surface area contributed by atoms with Gasteiger partial charge in [0, 0.05) is 25.2 Å². The first-order valence-electron chi connectivity index (χ1n) is 5.98. The lowest BCUT2D eigenvalue weighted by Crippen LogP contribution is -2.46. The third kappa shape index (κ3) is 3.03. The summed E-state index contributed by atoms with van der Waals surface area (Å²) in [5.74, 6) is -0.234. The molecule has 0 atom stereocenters. The Balaban J connectivity index is 1.80. The molecular weight excluding hydrogens is 220 g/mol. The fourth-order valence-electron chi connectivity index (χ4n) is 2.08. The van der Waals surface area contributed by atoms with Crippen LogP contribution in [-0.2, 0) is 0 Å². The third-order valence-corrected chi connectivity index (χ3v) is 3.15. The van der Waals surface area contributed by atoms with Crippen molar-refractivity contribution in [3.8, 4) is 0 Å². The van der Waals surface area contributed by atoms with Gasteiger partial charge in [0.15, 0.2) is 0 Å². The first kappa shape index (κ1) is 12.0. The van der Waals surface area contributed by atoms with Gasteiger partial charge in [-0.15, -0.1) is 10.2 Å². The summed E-state index contributed by atoms with van der Waals surface area (Å²) in [4.78, 5) is 14.1. The van der Waals surface area contributed by atoms with Crippen LogP contribution in [0.25, 0.3) is 0 Å². The molecule has 1 aliphatic heterocycles. The molecule has 0 spiro atoms. The number of likely N-dealkylation sites (tertiary alicyclic amines) is 1. The molecule has 0 unspecified atom stereocenters. The topological polar surface area (TPSA) is 71.3 Å². The molecule has 2 rings (SSSR count). The molecule has 1 amide bonds. The molecule has 0 bridgehead atoms. The van der Waals surface area contributed by atoms with Gasteiger partial charge in [-0.25, -0.2) is 0 Å². The predicted molar refractivity (Wildman–Crippen MR) is 61.5 cm³/mol. The Kier molecular flexibility index (Phi) is 3.73. The Labute approximate surface area is 100 Å². The molecule has 1 fully saturated rings. The number of hydrogen-bond acceptors (Lipinski definition) is 5. The molecule has 0 aliphatic carbocycles. The fourth-order valence-corrected chi connectivity index (χ4v) is 2.08. The van der Waals surface area contributed by atoms with E-state index in [0.717, 1.165) is 32.3 Å². The zero-order valence-electron chi connectivity index (χ0n) is 10.2. The molecule has 0 radical (unpaired) electrons. The fraction of sp³-hybridized carbons (Fsp3) is 0.727. The second-order valence-corrected chi connectivity index (χ2v) is 4.62. The minimum Gasteiger partial charge on any atom is -0.420 e. The molecule has 1 N–H and O–H groups in total. The van der Waals surface area contributed by atoms with E-state index in [0.29, 0.717) is 6.04 Å². The molecule has 6 heteroatoms. The van der Waals surface area contributed by atoms with Gasteiger partial charge in [-0.1, -0.05) is 0 Å². The van der Waals surface area contributed by atoms with Gasteiger partial charge in [-0.3, -0.25) is 4.79 Å². The van der Waals surface area contributed by atoms with Crippen molar-refractivity contribution in [3.05, 3.63) is 12.3 Å². The minimum atomic E-state index is -0.273. The minimum absolute atomic E-state index is 0.0382. The van der Waals surface area contributed by atoms with Crippen LogP contribution >= 0.6 is 0 Å². The van der Waals surface area contributed by atoms with E-state index in [1.165, 1.54) is 0 Å². The molecule has 0 aromatic carbocycles. The zero-order chi connectivity index (χ0) is 12.3. The normalized spacial score (nSPS) is 18.5. The summed E-state index contributed by atoms with van der Waals surface area (Å²) >= 11 is 0. The Morgan fingerprint density at radius 1 is 1.53 bits per heavy atom. The van der Waals surface area contributed by atoms with E-state index in [9.17, 15) is 4.79 Å². The first-order chi connectivity index (χ1) is 8.16. The molecule has 0 saturated carbocycles. The molecule has 1 aliphatic rings. The molecule has 6 nitrogen and oxygen atoms in total. The summed E-state index contributed by atoms with van der Waals surface area (Å²) in [5, 5.41) is 9.99. The number of carbonyl (C=O) groups excluding carboxylic acids is 1. The molecule has 2 heterocycles. The monoisotopic (exact) mass is 238 g/mol. The Morgan fingerprint density at radius 3 is 2.76 bits per heavy atom. The van der Waals surface area contributed by atoms with Crippen LogP contribution in [0.3, 0.4) is 0 Å². The zero-order valence-corrected chi connectivity index (χ0v) is 10.2. The lowest BCUT2D eigenvalue weighted by Gasteiger charge is -2.34. The van der Waals surface area contributed by atoms with Gasteiger partial charge in [0.2, 0.25) is 6.39 Å². The molecule has 17 heavy (non-hydrogen) atoms. The highest BCUT2D eigenvalue weighted by atomic mass is 16.4. The van der Waals surface area contributed by atoms with E-state index < -0.39 is 0 Å². The van der Waals surface area contributed by atoms with Crippen LogP contribution in [0.15, 0.2) is 10.8 Å². The predicted octanol–water partition coefficient (Wildman–Crippen LogP) is 0.672. The number of nitrogens with zero attached hydrogens (tertiary/aromatic N) is 3. The maximum absolute atomic E-state index is 11.7. The van der Waals surface area contributed by atoms with Crippen molar-refractivity contribution in [2.45, 2.75) is 38.8 Å². The number of carbonyl (C=O) groups is 1. The van der Waals surface area contributed by atoms with E-state index in [1.807, 2.05) is 0 Å². The van der Waals surface area contributed by atoms with Gasteiger partial charge in [-0.2, -0.15) is 0 Å². The van der Waals surface area contributed by atoms with Crippen LogP contribution < -0.4 is 5.32 Å². The van der Waals surface area contributed by atoms with E-state index in [1.54, 1.807) is 0 Å². The molecule has 94 valence electrons. The summed E-state index contributed by atoms with van der Waals surface area (Å²) in [6.07, 6.45) is 3.10. The summed E-state index contributed by atoms with van der Waals surface area (Å²) in [6, 6.07) is 0.784. The van der Waals surface area contributed by atoms with Crippen LogP contribution in [0.1, 0.15) is 37.4 Å². The summed E-state index contributed by atoms with van der Waals surface area (Å²) < 4.78 is 4.85. The molecular formula is C11H18N4O2. The van der Waals surface area contributed by atoms with E-state index in [2.05, 4.69) is 34.3 Å². The van der Waals surface area contributed by atoms with E-state index >= 15 is 0 Å². The number of rotatable bonds is 3. The highest BCUT2D eigenvalue weighted by molar-refractivity contribution is 5.89. The van der Waals surface area contributed by atoms with Crippen molar-refractivity contribution in [1.82, 2.24) is 20.4 Å². The van der Waals surface area contributed by atoms with Crippen molar-refractivity contribution in [2.24, 2.45) is 0 Å². The number of piperidine rings is 1. The SMILES string of the molecule is CC(C)N1CCC(NC(=O)c2nnco2)CC1. The molecule has 1 aromatic heterocycles. The number of nitrogens with one attached hydrogen (secondary N) is 1. The standard InChI is InChI=1S/C11H18N4O2/c1-8(2)15-5-3-9(4-6-15)13-10(16)11-14-12-7-17-11/h7-9H,3-6H2,1-2H3,(H,13,16). The Morgan fingerprint density at radius 2 is 2.24 bits per heavy atom. The Bertz CT molecular complexity index is 356. The van der Waals surface area contributed by atoms with Crippen molar-refractivity contribution in [3.63, 3.8) is 0 Å². The van der Waals surface area contributed by atoms with Crippen LogP contribution in [0, 0.1) is 0 Å². The number of amides is 1. The number of hydrogen-bond donors (Lipinski definition) is 1. The lowest BCUT2D eigenvalue weighted by molar-refractivity contribution is 0.0866. The maximum Gasteiger partial charge on any atom is 0.309 e. The highest BCUT2D eigenvalue weighted by Crippen LogP contribution is 2.13. The van der Waals surface area contributed by atoms with Gasteiger partial charge >= 0.3 is 11.8 Å².